The van der Waals surface area contributed by atoms with E-state index in [4.69, 9.17) is 23.2 Å². The fourth-order valence-corrected chi connectivity index (χ4v) is 1.35. The number of hydrogen-bond donors (Lipinski definition) is 0. The first kappa shape index (κ1) is 8.82. The largest absolute Gasteiger partial charge is 0.255 e. The first-order chi connectivity index (χ1) is 5.15. The minimum atomic E-state index is 0.632. The van der Waals surface area contributed by atoms with Gasteiger partial charge in [-0.15, -0.1) is 0 Å². The zero-order valence-corrected chi connectivity index (χ0v) is 8.00. The van der Waals surface area contributed by atoms with Crippen molar-refractivity contribution >= 4 is 23.2 Å². The summed E-state index contributed by atoms with van der Waals surface area (Å²) in [4.78, 5) is 4.23. The molecular weight excluding hydrogens is 181 g/mol. The SMILES string of the molecule is CCc1nc(C)c(Cl)cc1Cl. The molecule has 0 aromatic carbocycles. The van der Waals surface area contributed by atoms with Crippen molar-refractivity contribution in [3.63, 3.8) is 0 Å². The van der Waals surface area contributed by atoms with E-state index in [-0.39, 0.29) is 0 Å². The second kappa shape index (κ2) is 3.42. The highest BCUT2D eigenvalue weighted by atomic mass is 35.5. The summed E-state index contributed by atoms with van der Waals surface area (Å²) in [6.07, 6.45) is 0.844. The third-order valence-electron chi connectivity index (χ3n) is 1.51. The molecule has 0 aliphatic rings. The average Bonchev–Trinajstić information content (AvgIpc) is 1.97. The molecule has 0 atom stereocenters. The highest BCUT2D eigenvalue weighted by Gasteiger charge is 2.03. The Morgan fingerprint density at radius 2 is 2.00 bits per heavy atom. The van der Waals surface area contributed by atoms with Gasteiger partial charge in [0.1, 0.15) is 0 Å². The van der Waals surface area contributed by atoms with Crippen LogP contribution in [-0.4, -0.2) is 4.98 Å². The monoisotopic (exact) mass is 189 g/mol. The summed E-state index contributed by atoms with van der Waals surface area (Å²) in [6, 6.07) is 1.74. The Balaban J connectivity index is 3.21. The number of hydrogen-bond acceptors (Lipinski definition) is 1. The Labute approximate surface area is 76.4 Å². The molecule has 60 valence electrons. The molecule has 0 aliphatic heterocycles. The molecule has 0 radical (unpaired) electrons. The second-order valence-corrected chi connectivity index (χ2v) is 3.15. The van der Waals surface area contributed by atoms with Gasteiger partial charge in [-0.2, -0.15) is 0 Å². The summed E-state index contributed by atoms with van der Waals surface area (Å²) >= 11 is 11.7. The van der Waals surface area contributed by atoms with Gasteiger partial charge in [0.05, 0.1) is 21.4 Å². The fourth-order valence-electron chi connectivity index (χ4n) is 0.856. The lowest BCUT2D eigenvalue weighted by Gasteiger charge is -2.02. The maximum atomic E-state index is 5.85. The van der Waals surface area contributed by atoms with Crippen LogP contribution < -0.4 is 0 Å². The van der Waals surface area contributed by atoms with Crippen LogP contribution in [0.5, 0.6) is 0 Å². The second-order valence-electron chi connectivity index (χ2n) is 2.34. The van der Waals surface area contributed by atoms with Crippen molar-refractivity contribution in [1.29, 1.82) is 0 Å². The van der Waals surface area contributed by atoms with Crippen LogP contribution in [0.15, 0.2) is 6.07 Å². The van der Waals surface area contributed by atoms with E-state index in [0.717, 1.165) is 17.8 Å². The molecule has 0 fully saturated rings. The fraction of sp³-hybridized carbons (Fsp3) is 0.375. The molecule has 0 N–H and O–H groups in total. The summed E-state index contributed by atoms with van der Waals surface area (Å²) in [6.45, 7) is 3.89. The van der Waals surface area contributed by atoms with Gasteiger partial charge in [-0.25, -0.2) is 0 Å². The van der Waals surface area contributed by atoms with Crippen molar-refractivity contribution in [2.75, 3.05) is 0 Å². The third-order valence-corrected chi connectivity index (χ3v) is 2.22. The van der Waals surface area contributed by atoms with E-state index < -0.39 is 0 Å². The summed E-state index contributed by atoms with van der Waals surface area (Å²) in [5.41, 5.74) is 1.75. The van der Waals surface area contributed by atoms with E-state index in [2.05, 4.69) is 4.98 Å². The molecule has 0 amide bonds. The molecule has 1 rings (SSSR count). The van der Waals surface area contributed by atoms with Gasteiger partial charge in [0, 0.05) is 0 Å². The Kier molecular flexibility index (Phi) is 2.74. The molecular formula is C8H9Cl2N. The summed E-state index contributed by atoms with van der Waals surface area (Å²) in [5, 5.41) is 1.29. The lowest BCUT2D eigenvalue weighted by molar-refractivity contribution is 1.01. The van der Waals surface area contributed by atoms with Gasteiger partial charge in [-0.1, -0.05) is 30.1 Å². The quantitative estimate of drug-likeness (QED) is 0.662. The van der Waals surface area contributed by atoms with E-state index in [0.29, 0.717) is 10.0 Å². The molecule has 1 heterocycles. The van der Waals surface area contributed by atoms with Gasteiger partial charge < -0.3 is 0 Å². The lowest BCUT2D eigenvalue weighted by Crippen LogP contribution is -1.91. The zero-order valence-electron chi connectivity index (χ0n) is 6.49. The minimum absolute atomic E-state index is 0.632. The van der Waals surface area contributed by atoms with E-state index in [9.17, 15) is 0 Å². The predicted octanol–water partition coefficient (Wildman–Crippen LogP) is 3.26. The van der Waals surface area contributed by atoms with Crippen LogP contribution in [0, 0.1) is 6.92 Å². The molecule has 1 aromatic rings. The van der Waals surface area contributed by atoms with Gasteiger partial charge in [0.15, 0.2) is 0 Å². The van der Waals surface area contributed by atoms with E-state index in [1.54, 1.807) is 6.07 Å². The number of halogens is 2. The number of nitrogens with zero attached hydrogens (tertiary/aromatic N) is 1. The van der Waals surface area contributed by atoms with Crippen LogP contribution >= 0.6 is 23.2 Å². The van der Waals surface area contributed by atoms with Gasteiger partial charge in [-0.3, -0.25) is 4.98 Å². The molecule has 1 aromatic heterocycles. The average molecular weight is 190 g/mol. The predicted molar refractivity (Wildman–Crippen MR) is 48.4 cm³/mol. The number of aromatic nitrogens is 1. The van der Waals surface area contributed by atoms with Crippen LogP contribution in [0.2, 0.25) is 10.0 Å². The lowest BCUT2D eigenvalue weighted by atomic mass is 10.2. The van der Waals surface area contributed by atoms with Crippen molar-refractivity contribution in [1.82, 2.24) is 4.98 Å². The van der Waals surface area contributed by atoms with Crippen LogP contribution in [-0.2, 0) is 6.42 Å². The molecule has 0 saturated carbocycles. The van der Waals surface area contributed by atoms with Gasteiger partial charge in [0.2, 0.25) is 0 Å². The summed E-state index contributed by atoms with van der Waals surface area (Å²) in [5.74, 6) is 0. The van der Waals surface area contributed by atoms with Gasteiger partial charge in [-0.05, 0) is 19.4 Å². The summed E-state index contributed by atoms with van der Waals surface area (Å²) < 4.78 is 0. The van der Waals surface area contributed by atoms with Gasteiger partial charge in [0.25, 0.3) is 0 Å². The standard InChI is InChI=1S/C8H9Cl2N/c1-3-8-7(10)4-6(9)5(2)11-8/h4H,3H2,1-2H3. The minimum Gasteiger partial charge on any atom is -0.255 e. The van der Waals surface area contributed by atoms with Crippen LogP contribution in [0.25, 0.3) is 0 Å². The Morgan fingerprint density at radius 1 is 1.36 bits per heavy atom. The zero-order chi connectivity index (χ0) is 8.43. The number of rotatable bonds is 1. The Bertz CT molecular complexity index is 271. The maximum Gasteiger partial charge on any atom is 0.0636 e. The van der Waals surface area contributed by atoms with Crippen molar-refractivity contribution in [3.05, 3.63) is 27.5 Å². The maximum absolute atomic E-state index is 5.85. The van der Waals surface area contributed by atoms with E-state index in [1.165, 1.54) is 0 Å². The van der Waals surface area contributed by atoms with Crippen LogP contribution in [0.3, 0.4) is 0 Å². The Morgan fingerprint density at radius 3 is 2.55 bits per heavy atom. The van der Waals surface area contributed by atoms with Crippen molar-refractivity contribution in [2.24, 2.45) is 0 Å². The van der Waals surface area contributed by atoms with Crippen LogP contribution in [0.1, 0.15) is 18.3 Å². The first-order valence-electron chi connectivity index (χ1n) is 3.46. The molecule has 11 heavy (non-hydrogen) atoms. The first-order valence-corrected chi connectivity index (χ1v) is 4.22. The molecule has 0 spiro atoms. The molecule has 0 bridgehead atoms. The van der Waals surface area contributed by atoms with Crippen molar-refractivity contribution in [3.8, 4) is 0 Å². The molecule has 0 aliphatic carbocycles. The summed E-state index contributed by atoms with van der Waals surface area (Å²) in [7, 11) is 0. The molecule has 1 nitrogen and oxygen atoms in total. The number of aryl methyl sites for hydroxylation is 2. The Hall–Kier alpha value is -0.270. The third kappa shape index (κ3) is 1.85. The number of pyridine rings is 1. The van der Waals surface area contributed by atoms with E-state index in [1.807, 2.05) is 13.8 Å². The van der Waals surface area contributed by atoms with Crippen molar-refractivity contribution in [2.45, 2.75) is 20.3 Å². The molecule has 0 unspecified atom stereocenters. The molecule has 0 saturated heterocycles. The van der Waals surface area contributed by atoms with E-state index >= 15 is 0 Å². The topological polar surface area (TPSA) is 12.9 Å². The van der Waals surface area contributed by atoms with Crippen LogP contribution in [0.4, 0.5) is 0 Å². The smallest absolute Gasteiger partial charge is 0.0636 e. The van der Waals surface area contributed by atoms with Gasteiger partial charge >= 0.3 is 0 Å². The normalized spacial score (nSPS) is 10.2. The highest BCUT2D eigenvalue weighted by Crippen LogP contribution is 2.21. The molecule has 3 heteroatoms. The van der Waals surface area contributed by atoms with Crippen molar-refractivity contribution < 1.29 is 0 Å². The highest BCUT2D eigenvalue weighted by molar-refractivity contribution is 6.35.